The zero-order valence-electron chi connectivity index (χ0n) is 16.5. The molecule has 172 valence electrons. The molecule has 0 bridgehead atoms. The first-order valence-electron chi connectivity index (χ1n) is 8.95. The average molecular weight is 486 g/mol. The highest BCUT2D eigenvalue weighted by molar-refractivity contribution is 6.32. The Kier molecular flexibility index (Phi) is 6.50. The third-order valence-electron chi connectivity index (χ3n) is 4.21. The third-order valence-corrected chi connectivity index (χ3v) is 4.53. The molecule has 3 rings (SSSR count). The second-order valence-electron chi connectivity index (χ2n) is 6.88. The van der Waals surface area contributed by atoms with Crippen molar-refractivity contribution in [2.45, 2.75) is 11.9 Å². The number of rotatable bonds is 5. The molecule has 0 atom stereocenters. The minimum absolute atomic E-state index is 0.0773. The highest BCUT2D eigenvalue weighted by Crippen LogP contribution is 2.41. The predicted octanol–water partition coefficient (Wildman–Crippen LogP) is 2.35. The van der Waals surface area contributed by atoms with Crippen LogP contribution in [0.5, 0.6) is 11.5 Å². The van der Waals surface area contributed by atoms with Crippen LogP contribution in [0.1, 0.15) is 21.5 Å². The number of H-pyrrole nitrogens is 1. The van der Waals surface area contributed by atoms with Crippen molar-refractivity contribution in [3.63, 3.8) is 0 Å². The van der Waals surface area contributed by atoms with Gasteiger partial charge in [0.2, 0.25) is 0 Å². The van der Waals surface area contributed by atoms with Gasteiger partial charge >= 0.3 is 6.18 Å². The summed E-state index contributed by atoms with van der Waals surface area (Å²) in [5, 5.41) is 26.8. The Balaban J connectivity index is 2.13. The van der Waals surface area contributed by atoms with Crippen molar-refractivity contribution < 1.29 is 37.3 Å². The van der Waals surface area contributed by atoms with Crippen molar-refractivity contribution >= 4 is 31.0 Å². The Morgan fingerprint density at radius 2 is 1.82 bits per heavy atom. The maximum Gasteiger partial charge on any atom is 0.417 e. The van der Waals surface area contributed by atoms with Crippen molar-refractivity contribution in [1.29, 1.82) is 0 Å². The molecule has 3 aromatic rings. The number of hydrogen-bond donors (Lipinski definition) is 4. The van der Waals surface area contributed by atoms with Crippen LogP contribution in [-0.2, 0) is 11.9 Å². The average Bonchev–Trinajstić information content (AvgIpc) is 2.68. The topological polar surface area (TPSA) is 125 Å². The molecule has 4 N–H and O–H groups in total. The second kappa shape index (κ2) is 8.85. The lowest BCUT2D eigenvalue weighted by atomic mass is 9.87. The van der Waals surface area contributed by atoms with E-state index in [9.17, 15) is 37.4 Å². The summed E-state index contributed by atoms with van der Waals surface area (Å²) in [6.07, 6.45) is -3.85. The van der Waals surface area contributed by atoms with Gasteiger partial charge in [-0.05, 0) is 30.3 Å². The van der Waals surface area contributed by atoms with Crippen LogP contribution in [0.15, 0.2) is 47.4 Å². The molecule has 0 fully saturated rings. The number of carbonyl (C=O) groups is 1. The van der Waals surface area contributed by atoms with E-state index >= 15 is 0 Å². The Labute approximate surface area is 188 Å². The molecule has 2 aromatic carbocycles. The van der Waals surface area contributed by atoms with Crippen LogP contribution in [0.3, 0.4) is 0 Å². The number of nitrogens with zero attached hydrogens (tertiary/aromatic N) is 1. The first kappa shape index (κ1) is 24.2. The number of nitrogens with one attached hydrogen (secondary N) is 2. The minimum Gasteiger partial charge on any atom is -0.456 e. The first-order chi connectivity index (χ1) is 15.3. The number of alkyl halides is 3. The molecule has 1 amide bonds. The fraction of sp³-hybridized carbons (Fsp3) is 0.105. The van der Waals surface area contributed by atoms with Gasteiger partial charge in [0.05, 0.1) is 28.0 Å². The molecule has 0 unspecified atom stereocenters. The summed E-state index contributed by atoms with van der Waals surface area (Å²) in [6.45, 7) is 0. The van der Waals surface area contributed by atoms with Crippen molar-refractivity contribution in [1.82, 2.24) is 10.2 Å². The van der Waals surface area contributed by atoms with Gasteiger partial charge in [0.25, 0.3) is 11.5 Å². The predicted molar refractivity (Wildman–Crippen MR) is 110 cm³/mol. The minimum atomic E-state index is -4.92. The number of amides is 1. The molecule has 33 heavy (non-hydrogen) atoms. The smallest absolute Gasteiger partial charge is 0.417 e. The Hall–Kier alpha value is -3.42. The molecule has 1 heterocycles. The van der Waals surface area contributed by atoms with Crippen LogP contribution in [-0.4, -0.2) is 34.2 Å². The summed E-state index contributed by atoms with van der Waals surface area (Å²) in [7, 11) is 0.880. The SMILES string of the molecule is BC(O)(O)c1cc(F)ccc1Oc1cc(C(F)(F)F)c(Cl)cc1C(=O)Nc1cn[nH]c(=O)c1. The molecule has 0 spiro atoms. The van der Waals surface area contributed by atoms with E-state index in [-0.39, 0.29) is 5.69 Å². The molecular formula is C19H13BClF4N3O5. The van der Waals surface area contributed by atoms with Gasteiger partial charge in [0, 0.05) is 11.6 Å². The van der Waals surface area contributed by atoms with Crippen LogP contribution < -0.4 is 15.6 Å². The standard InChI is InChI=1S/C19H13BClF4N3O5/c20-18(31,32)12-3-8(22)1-2-14(12)33-15-6-11(19(23,24)25)13(21)5-10(15)17(30)27-9-4-16(29)28-26-7-9/h1-7,31-32H,20H2,(H2,27,28,29,30). The first-order valence-corrected chi connectivity index (χ1v) is 9.33. The largest absolute Gasteiger partial charge is 0.456 e. The fourth-order valence-corrected chi connectivity index (χ4v) is 3.03. The van der Waals surface area contributed by atoms with Crippen molar-refractivity contribution in [2.24, 2.45) is 0 Å². The van der Waals surface area contributed by atoms with Gasteiger partial charge in [-0.3, -0.25) is 9.59 Å². The summed E-state index contributed by atoms with van der Waals surface area (Å²) in [5.74, 6) is -3.02. The van der Waals surface area contributed by atoms with Crippen molar-refractivity contribution in [3.8, 4) is 11.5 Å². The third kappa shape index (κ3) is 5.69. The number of hydrogen-bond acceptors (Lipinski definition) is 6. The number of aliphatic hydroxyl groups is 2. The lowest BCUT2D eigenvalue weighted by Gasteiger charge is -2.22. The second-order valence-corrected chi connectivity index (χ2v) is 7.28. The Morgan fingerprint density at radius 1 is 1.12 bits per heavy atom. The Morgan fingerprint density at radius 3 is 2.42 bits per heavy atom. The van der Waals surface area contributed by atoms with Crippen LogP contribution >= 0.6 is 11.6 Å². The number of anilines is 1. The highest BCUT2D eigenvalue weighted by atomic mass is 35.5. The Bertz CT molecular complexity index is 1280. The summed E-state index contributed by atoms with van der Waals surface area (Å²) in [6, 6.07) is 4.62. The summed E-state index contributed by atoms with van der Waals surface area (Å²) < 4.78 is 59.2. The van der Waals surface area contributed by atoms with Gasteiger partial charge in [-0.1, -0.05) is 11.6 Å². The maximum absolute atomic E-state index is 13.6. The molecule has 0 radical (unpaired) electrons. The quantitative estimate of drug-likeness (QED) is 0.250. The molecule has 0 aliphatic heterocycles. The van der Waals surface area contributed by atoms with Gasteiger partial charge in [-0.25, -0.2) is 9.49 Å². The number of carbonyl (C=O) groups excluding carboxylic acids is 1. The molecular weight excluding hydrogens is 472 g/mol. The lowest BCUT2D eigenvalue weighted by molar-refractivity contribution is -0.137. The van der Waals surface area contributed by atoms with E-state index in [1.807, 2.05) is 0 Å². The summed E-state index contributed by atoms with van der Waals surface area (Å²) >= 11 is 5.73. The van der Waals surface area contributed by atoms with Gasteiger partial charge in [0.15, 0.2) is 7.85 Å². The molecule has 0 aliphatic rings. The van der Waals surface area contributed by atoms with Crippen molar-refractivity contribution in [2.75, 3.05) is 5.32 Å². The molecule has 0 saturated heterocycles. The van der Waals surface area contributed by atoms with Gasteiger partial charge < -0.3 is 20.3 Å². The van der Waals surface area contributed by atoms with E-state index < -0.39 is 62.4 Å². The van der Waals surface area contributed by atoms with Crippen LogP contribution in [0.2, 0.25) is 5.02 Å². The van der Waals surface area contributed by atoms with Crippen molar-refractivity contribution in [3.05, 3.63) is 80.5 Å². The highest BCUT2D eigenvalue weighted by Gasteiger charge is 2.35. The van der Waals surface area contributed by atoms with E-state index in [0.717, 1.165) is 32.2 Å². The number of aromatic amines is 1. The zero-order valence-corrected chi connectivity index (χ0v) is 17.3. The molecule has 0 saturated carbocycles. The fourth-order valence-electron chi connectivity index (χ4n) is 2.76. The molecule has 0 aliphatic carbocycles. The molecule has 1 aromatic heterocycles. The number of aromatic nitrogens is 2. The van der Waals surface area contributed by atoms with E-state index in [2.05, 4.69) is 15.5 Å². The van der Waals surface area contributed by atoms with Gasteiger partial charge in [-0.2, -0.15) is 18.3 Å². The number of halogens is 5. The van der Waals surface area contributed by atoms with Crippen LogP contribution in [0.4, 0.5) is 23.2 Å². The van der Waals surface area contributed by atoms with Gasteiger partial charge in [0.1, 0.15) is 23.0 Å². The van der Waals surface area contributed by atoms with Gasteiger partial charge in [-0.15, -0.1) is 0 Å². The van der Waals surface area contributed by atoms with Crippen LogP contribution in [0.25, 0.3) is 0 Å². The molecule has 14 heteroatoms. The van der Waals surface area contributed by atoms with Crippen LogP contribution in [0, 0.1) is 5.82 Å². The van der Waals surface area contributed by atoms with E-state index in [0.29, 0.717) is 18.2 Å². The van der Waals surface area contributed by atoms with E-state index in [1.165, 1.54) is 0 Å². The van der Waals surface area contributed by atoms with E-state index in [4.69, 9.17) is 16.3 Å². The lowest BCUT2D eigenvalue weighted by Crippen LogP contribution is -2.26. The van der Waals surface area contributed by atoms with E-state index in [1.54, 1.807) is 0 Å². The zero-order chi connectivity index (χ0) is 24.6. The molecule has 8 nitrogen and oxygen atoms in total. The maximum atomic E-state index is 13.6. The summed E-state index contributed by atoms with van der Waals surface area (Å²) in [5.41, 5.74) is -5.72. The normalized spacial score (nSPS) is 11.8. The number of ether oxygens (including phenoxy) is 1. The summed E-state index contributed by atoms with van der Waals surface area (Å²) in [4.78, 5) is 24.1. The number of benzene rings is 2. The monoisotopic (exact) mass is 485 g/mol.